The number of amides is 1. The van der Waals surface area contributed by atoms with Gasteiger partial charge in [0.2, 0.25) is 5.91 Å². The number of fused-ring (bicyclic) bond motifs is 2. The number of hydrogen-bond donors (Lipinski definition) is 2. The smallest absolute Gasteiger partial charge is 0.224 e. The van der Waals surface area contributed by atoms with Crippen molar-refractivity contribution in [2.24, 2.45) is 5.92 Å². The summed E-state index contributed by atoms with van der Waals surface area (Å²) < 4.78 is 5.26. The van der Waals surface area contributed by atoms with Gasteiger partial charge in [0.1, 0.15) is 5.75 Å². The lowest BCUT2D eigenvalue weighted by atomic mass is 9.89. The van der Waals surface area contributed by atoms with Crippen LogP contribution in [-0.4, -0.2) is 25.1 Å². The minimum atomic E-state index is 0. The molecule has 21 heavy (non-hydrogen) atoms. The Morgan fingerprint density at radius 1 is 1.29 bits per heavy atom. The summed E-state index contributed by atoms with van der Waals surface area (Å²) in [6, 6.07) is 8.82. The number of piperidine rings is 1. The van der Waals surface area contributed by atoms with Gasteiger partial charge in [-0.3, -0.25) is 4.79 Å². The predicted molar refractivity (Wildman–Crippen MR) is 86.2 cm³/mol. The Morgan fingerprint density at radius 2 is 1.95 bits per heavy atom. The highest BCUT2D eigenvalue weighted by molar-refractivity contribution is 5.92. The quantitative estimate of drug-likeness (QED) is 0.899. The molecule has 3 rings (SSSR count). The molecule has 1 aromatic rings. The van der Waals surface area contributed by atoms with Crippen LogP contribution in [0.2, 0.25) is 0 Å². The summed E-state index contributed by atoms with van der Waals surface area (Å²) in [7, 11) is 1.62. The molecule has 2 atom stereocenters. The fraction of sp³-hybridized carbons (Fsp3) is 0.562. The molecule has 0 spiro atoms. The van der Waals surface area contributed by atoms with E-state index in [1.165, 1.54) is 12.8 Å². The van der Waals surface area contributed by atoms with Crippen LogP contribution in [0.15, 0.2) is 24.3 Å². The molecule has 5 heteroatoms. The lowest BCUT2D eigenvalue weighted by Gasteiger charge is -2.28. The summed E-state index contributed by atoms with van der Waals surface area (Å²) in [5, 5.41) is 6.58. The van der Waals surface area contributed by atoms with Crippen molar-refractivity contribution in [1.82, 2.24) is 5.32 Å². The maximum atomic E-state index is 12.2. The van der Waals surface area contributed by atoms with E-state index in [9.17, 15) is 4.79 Å². The van der Waals surface area contributed by atoms with Gasteiger partial charge in [-0.25, -0.2) is 0 Å². The number of carbonyl (C=O) groups is 1. The lowest BCUT2D eigenvalue weighted by Crippen LogP contribution is -2.39. The summed E-state index contributed by atoms with van der Waals surface area (Å²) in [4.78, 5) is 12.2. The van der Waals surface area contributed by atoms with Crippen molar-refractivity contribution in [3.8, 4) is 5.75 Å². The van der Waals surface area contributed by atoms with E-state index < -0.39 is 0 Å². The molecule has 2 saturated heterocycles. The molecule has 116 valence electrons. The Bertz CT molecular complexity index is 483. The average Bonchev–Trinajstić information content (AvgIpc) is 2.78. The molecule has 0 aromatic heterocycles. The zero-order valence-electron chi connectivity index (χ0n) is 12.3. The fourth-order valence-corrected chi connectivity index (χ4v) is 3.55. The number of hydrogen-bond acceptors (Lipinski definition) is 3. The summed E-state index contributed by atoms with van der Waals surface area (Å²) in [5.74, 6) is 1.33. The zero-order valence-corrected chi connectivity index (χ0v) is 13.1. The van der Waals surface area contributed by atoms with Crippen molar-refractivity contribution < 1.29 is 9.53 Å². The van der Waals surface area contributed by atoms with Gasteiger partial charge in [-0.15, -0.1) is 12.4 Å². The van der Waals surface area contributed by atoms with Crippen LogP contribution in [-0.2, 0) is 4.79 Å². The maximum absolute atomic E-state index is 12.2. The van der Waals surface area contributed by atoms with Gasteiger partial charge in [0.05, 0.1) is 12.8 Å². The van der Waals surface area contributed by atoms with Crippen molar-refractivity contribution >= 4 is 24.0 Å². The standard InChI is InChI=1S/C16H22N2O2.ClH/c1-20-15-5-3-2-4-14(15)18-16(19)10-11-8-12-6-7-13(9-11)17-12;/h2-5,11-13,17H,6-10H2,1H3,(H,18,19);1H. The summed E-state index contributed by atoms with van der Waals surface area (Å²) in [6.07, 6.45) is 5.43. The number of para-hydroxylation sites is 2. The van der Waals surface area contributed by atoms with Crippen LogP contribution < -0.4 is 15.4 Å². The average molecular weight is 311 g/mol. The minimum absolute atomic E-state index is 0. The number of carbonyl (C=O) groups excluding carboxylic acids is 1. The van der Waals surface area contributed by atoms with E-state index in [1.54, 1.807) is 7.11 Å². The van der Waals surface area contributed by atoms with Crippen LogP contribution in [0.3, 0.4) is 0 Å². The van der Waals surface area contributed by atoms with E-state index in [1.807, 2.05) is 24.3 Å². The number of benzene rings is 1. The predicted octanol–water partition coefficient (Wildman–Crippen LogP) is 2.98. The topological polar surface area (TPSA) is 50.4 Å². The molecule has 2 fully saturated rings. The third-order valence-corrected chi connectivity index (χ3v) is 4.43. The van der Waals surface area contributed by atoms with Crippen LogP contribution in [0.1, 0.15) is 32.1 Å². The van der Waals surface area contributed by atoms with Crippen LogP contribution in [0.4, 0.5) is 5.69 Å². The van der Waals surface area contributed by atoms with Gasteiger partial charge in [0, 0.05) is 18.5 Å². The van der Waals surface area contributed by atoms with E-state index in [0.717, 1.165) is 18.5 Å². The molecule has 2 aliphatic heterocycles. The Labute approximate surface area is 132 Å². The van der Waals surface area contributed by atoms with Crippen molar-refractivity contribution in [2.45, 2.75) is 44.2 Å². The third kappa shape index (κ3) is 3.89. The molecular formula is C16H23ClN2O2. The second-order valence-electron chi connectivity index (χ2n) is 5.93. The Hall–Kier alpha value is -1.26. The largest absolute Gasteiger partial charge is 0.495 e. The fourth-order valence-electron chi connectivity index (χ4n) is 3.55. The first-order chi connectivity index (χ1) is 9.74. The highest BCUT2D eigenvalue weighted by atomic mass is 35.5. The maximum Gasteiger partial charge on any atom is 0.224 e. The molecular weight excluding hydrogens is 288 g/mol. The summed E-state index contributed by atoms with van der Waals surface area (Å²) >= 11 is 0. The number of anilines is 1. The van der Waals surface area contributed by atoms with Gasteiger partial charge in [0.15, 0.2) is 0 Å². The molecule has 0 radical (unpaired) electrons. The van der Waals surface area contributed by atoms with Gasteiger partial charge in [-0.1, -0.05) is 12.1 Å². The van der Waals surface area contributed by atoms with Gasteiger partial charge in [-0.2, -0.15) is 0 Å². The Balaban J connectivity index is 0.00000161. The first kappa shape index (κ1) is 16.1. The molecule has 2 N–H and O–H groups in total. The van der Waals surface area contributed by atoms with Gasteiger partial charge in [0.25, 0.3) is 0 Å². The molecule has 2 heterocycles. The molecule has 2 bridgehead atoms. The third-order valence-electron chi connectivity index (χ3n) is 4.43. The number of halogens is 1. The van der Waals surface area contributed by atoms with Crippen molar-refractivity contribution in [3.05, 3.63) is 24.3 Å². The normalized spacial score (nSPS) is 26.8. The minimum Gasteiger partial charge on any atom is -0.495 e. The highest BCUT2D eigenvalue weighted by Gasteiger charge is 2.34. The number of nitrogens with one attached hydrogen (secondary N) is 2. The molecule has 0 saturated carbocycles. The Kier molecular flexibility index (Phi) is 5.48. The highest BCUT2D eigenvalue weighted by Crippen LogP contribution is 2.33. The van der Waals surface area contributed by atoms with E-state index in [2.05, 4.69) is 10.6 Å². The summed E-state index contributed by atoms with van der Waals surface area (Å²) in [5.41, 5.74) is 0.761. The number of ether oxygens (including phenoxy) is 1. The molecule has 2 unspecified atom stereocenters. The van der Waals surface area contributed by atoms with Crippen LogP contribution >= 0.6 is 12.4 Å². The Morgan fingerprint density at radius 3 is 2.62 bits per heavy atom. The van der Waals surface area contributed by atoms with E-state index in [0.29, 0.717) is 30.2 Å². The van der Waals surface area contributed by atoms with E-state index >= 15 is 0 Å². The second-order valence-corrected chi connectivity index (χ2v) is 5.93. The van der Waals surface area contributed by atoms with Crippen LogP contribution in [0, 0.1) is 5.92 Å². The molecule has 0 aliphatic carbocycles. The first-order valence-electron chi connectivity index (χ1n) is 7.43. The lowest BCUT2D eigenvalue weighted by molar-refractivity contribution is -0.117. The zero-order chi connectivity index (χ0) is 13.9. The monoisotopic (exact) mass is 310 g/mol. The number of methoxy groups -OCH3 is 1. The van der Waals surface area contributed by atoms with Crippen molar-refractivity contribution in [2.75, 3.05) is 12.4 Å². The molecule has 1 aromatic carbocycles. The number of rotatable bonds is 4. The van der Waals surface area contributed by atoms with Gasteiger partial charge >= 0.3 is 0 Å². The van der Waals surface area contributed by atoms with Gasteiger partial charge in [-0.05, 0) is 43.7 Å². The van der Waals surface area contributed by atoms with Crippen LogP contribution in [0.5, 0.6) is 5.75 Å². The van der Waals surface area contributed by atoms with Crippen molar-refractivity contribution in [3.63, 3.8) is 0 Å². The van der Waals surface area contributed by atoms with Crippen molar-refractivity contribution in [1.29, 1.82) is 0 Å². The van der Waals surface area contributed by atoms with E-state index in [4.69, 9.17) is 4.74 Å². The SMILES string of the molecule is COc1ccccc1NC(=O)CC1CC2CCC(C1)N2.Cl. The molecule has 1 amide bonds. The van der Waals surface area contributed by atoms with Crippen LogP contribution in [0.25, 0.3) is 0 Å². The summed E-state index contributed by atoms with van der Waals surface area (Å²) in [6.45, 7) is 0. The van der Waals surface area contributed by atoms with E-state index in [-0.39, 0.29) is 18.3 Å². The van der Waals surface area contributed by atoms with Gasteiger partial charge < -0.3 is 15.4 Å². The molecule has 4 nitrogen and oxygen atoms in total. The second kappa shape index (κ2) is 7.14. The first-order valence-corrected chi connectivity index (χ1v) is 7.43. The molecule has 2 aliphatic rings.